The van der Waals surface area contributed by atoms with E-state index in [-0.39, 0.29) is 5.92 Å². The van der Waals surface area contributed by atoms with E-state index in [1.807, 2.05) is 0 Å². The summed E-state index contributed by atoms with van der Waals surface area (Å²) in [5.41, 5.74) is 0. The van der Waals surface area contributed by atoms with Gasteiger partial charge in [0.05, 0.1) is 0 Å². The smallest absolute Gasteiger partial charge is 0.137 e. The van der Waals surface area contributed by atoms with Crippen molar-refractivity contribution in [2.24, 2.45) is 17.8 Å². The van der Waals surface area contributed by atoms with Crippen molar-refractivity contribution in [3.63, 3.8) is 0 Å². The van der Waals surface area contributed by atoms with Gasteiger partial charge in [-0.15, -0.1) is 0 Å². The van der Waals surface area contributed by atoms with Gasteiger partial charge in [-0.25, -0.2) is 0 Å². The number of likely N-dealkylation sites (tertiary alicyclic amines) is 1. The van der Waals surface area contributed by atoms with Crippen molar-refractivity contribution in [1.82, 2.24) is 9.80 Å². The largest absolute Gasteiger partial charge is 0.304 e. The second-order valence-corrected chi connectivity index (χ2v) is 7.59. The van der Waals surface area contributed by atoms with E-state index in [1.54, 1.807) is 0 Å². The van der Waals surface area contributed by atoms with E-state index in [9.17, 15) is 4.79 Å². The van der Waals surface area contributed by atoms with E-state index in [4.69, 9.17) is 0 Å². The minimum atomic E-state index is 0.285. The third-order valence-corrected chi connectivity index (χ3v) is 5.71. The topological polar surface area (TPSA) is 23.6 Å². The standard InChI is InChI=1S/C18H34N2O/c1-5-20-10-6-7-17(20)13-19(4)12-16-11-15(14(2)3)8-9-18(16)21/h14-17H,5-13H2,1-4H3. The molecule has 0 aromatic heterocycles. The molecule has 2 aliphatic rings. The lowest BCUT2D eigenvalue weighted by atomic mass is 9.75. The maximum Gasteiger partial charge on any atom is 0.137 e. The number of likely N-dealkylation sites (N-methyl/N-ethyl adjacent to an activating group) is 2. The molecule has 3 unspecified atom stereocenters. The zero-order chi connectivity index (χ0) is 15.4. The lowest BCUT2D eigenvalue weighted by Gasteiger charge is -2.34. The molecule has 2 rings (SSSR count). The quantitative estimate of drug-likeness (QED) is 0.752. The highest BCUT2D eigenvalue weighted by molar-refractivity contribution is 5.82. The summed E-state index contributed by atoms with van der Waals surface area (Å²) in [4.78, 5) is 17.2. The van der Waals surface area contributed by atoms with E-state index >= 15 is 0 Å². The molecule has 1 saturated carbocycles. The van der Waals surface area contributed by atoms with Crippen LogP contribution in [0.3, 0.4) is 0 Å². The van der Waals surface area contributed by atoms with E-state index in [1.165, 1.54) is 19.4 Å². The van der Waals surface area contributed by atoms with Gasteiger partial charge in [0.2, 0.25) is 0 Å². The Balaban J connectivity index is 1.83. The summed E-state index contributed by atoms with van der Waals surface area (Å²) < 4.78 is 0. The fourth-order valence-electron chi connectivity index (χ4n) is 4.26. The molecule has 1 saturated heterocycles. The molecule has 21 heavy (non-hydrogen) atoms. The average Bonchev–Trinajstić information content (AvgIpc) is 2.88. The summed E-state index contributed by atoms with van der Waals surface area (Å²) in [6, 6.07) is 0.708. The highest BCUT2D eigenvalue weighted by atomic mass is 16.1. The number of hydrogen-bond donors (Lipinski definition) is 0. The first kappa shape index (κ1) is 17.0. The van der Waals surface area contributed by atoms with Crippen LogP contribution in [0.4, 0.5) is 0 Å². The molecule has 0 radical (unpaired) electrons. The monoisotopic (exact) mass is 294 g/mol. The van der Waals surface area contributed by atoms with Crippen molar-refractivity contribution in [3.8, 4) is 0 Å². The fraction of sp³-hybridized carbons (Fsp3) is 0.944. The normalized spacial score (nSPS) is 31.5. The van der Waals surface area contributed by atoms with Gasteiger partial charge in [0.1, 0.15) is 5.78 Å². The predicted octanol–water partition coefficient (Wildman–Crippen LogP) is 3.04. The molecule has 122 valence electrons. The van der Waals surface area contributed by atoms with Gasteiger partial charge in [0.15, 0.2) is 0 Å². The van der Waals surface area contributed by atoms with Crippen molar-refractivity contribution in [1.29, 1.82) is 0 Å². The Morgan fingerprint density at radius 1 is 1.29 bits per heavy atom. The summed E-state index contributed by atoms with van der Waals surface area (Å²) in [7, 11) is 2.21. The highest BCUT2D eigenvalue weighted by Gasteiger charge is 2.32. The first-order valence-corrected chi connectivity index (χ1v) is 8.96. The summed E-state index contributed by atoms with van der Waals surface area (Å²) in [6.07, 6.45) is 5.70. The molecule has 2 fully saturated rings. The zero-order valence-corrected chi connectivity index (χ0v) is 14.5. The second-order valence-electron chi connectivity index (χ2n) is 7.59. The first-order chi connectivity index (χ1) is 10.0. The van der Waals surface area contributed by atoms with Gasteiger partial charge >= 0.3 is 0 Å². The van der Waals surface area contributed by atoms with Crippen molar-refractivity contribution in [2.45, 2.75) is 58.9 Å². The van der Waals surface area contributed by atoms with Crippen molar-refractivity contribution in [2.75, 3.05) is 33.2 Å². The SMILES string of the molecule is CCN1CCCC1CN(C)CC1CC(C(C)C)CCC1=O. The van der Waals surface area contributed by atoms with Crippen LogP contribution in [0, 0.1) is 17.8 Å². The Morgan fingerprint density at radius 3 is 2.71 bits per heavy atom. The molecule has 0 aromatic rings. The Hall–Kier alpha value is -0.410. The van der Waals surface area contributed by atoms with Gasteiger partial charge in [0, 0.05) is 31.5 Å². The molecular weight excluding hydrogens is 260 g/mol. The molecular formula is C18H34N2O. The van der Waals surface area contributed by atoms with Gasteiger partial charge in [-0.3, -0.25) is 9.69 Å². The molecule has 0 bridgehead atoms. The van der Waals surface area contributed by atoms with Crippen LogP contribution in [-0.4, -0.2) is 54.9 Å². The maximum absolute atomic E-state index is 12.2. The molecule has 0 spiro atoms. The molecule has 0 aromatic carbocycles. The third-order valence-electron chi connectivity index (χ3n) is 5.71. The Kier molecular flexibility index (Phi) is 6.24. The van der Waals surface area contributed by atoms with Crippen molar-refractivity contribution < 1.29 is 4.79 Å². The van der Waals surface area contributed by atoms with Crippen molar-refractivity contribution >= 4 is 5.78 Å². The van der Waals surface area contributed by atoms with E-state index < -0.39 is 0 Å². The predicted molar refractivity (Wildman–Crippen MR) is 88.4 cm³/mol. The number of rotatable bonds is 6. The second kappa shape index (κ2) is 7.73. The van der Waals surface area contributed by atoms with Crippen LogP contribution >= 0.6 is 0 Å². The van der Waals surface area contributed by atoms with Crippen LogP contribution in [0.2, 0.25) is 0 Å². The zero-order valence-electron chi connectivity index (χ0n) is 14.5. The van der Waals surface area contributed by atoms with Gasteiger partial charge in [-0.05, 0) is 57.7 Å². The molecule has 1 heterocycles. The molecule has 3 nitrogen and oxygen atoms in total. The summed E-state index contributed by atoms with van der Waals surface area (Å²) in [6.45, 7) is 11.4. The fourth-order valence-corrected chi connectivity index (χ4v) is 4.26. The van der Waals surface area contributed by atoms with Crippen LogP contribution in [-0.2, 0) is 4.79 Å². The van der Waals surface area contributed by atoms with E-state index in [0.29, 0.717) is 11.8 Å². The van der Waals surface area contributed by atoms with Crippen LogP contribution in [0.5, 0.6) is 0 Å². The number of Topliss-reactive ketones (excluding diaryl/α,β-unsaturated/α-hetero) is 1. The molecule has 3 atom stereocenters. The van der Waals surface area contributed by atoms with Crippen LogP contribution < -0.4 is 0 Å². The van der Waals surface area contributed by atoms with Gasteiger partial charge in [-0.2, -0.15) is 0 Å². The lowest BCUT2D eigenvalue weighted by Crippen LogP contribution is -2.42. The molecule has 1 aliphatic carbocycles. The van der Waals surface area contributed by atoms with Crippen LogP contribution in [0.25, 0.3) is 0 Å². The summed E-state index contributed by atoms with van der Waals surface area (Å²) in [5.74, 6) is 2.26. The van der Waals surface area contributed by atoms with E-state index in [2.05, 4.69) is 37.6 Å². The highest BCUT2D eigenvalue weighted by Crippen LogP contribution is 2.32. The maximum atomic E-state index is 12.2. The van der Waals surface area contributed by atoms with Gasteiger partial charge in [0.25, 0.3) is 0 Å². The Bertz CT molecular complexity index is 342. The minimum absolute atomic E-state index is 0.285. The lowest BCUT2D eigenvalue weighted by molar-refractivity contribution is -0.126. The molecule has 3 heteroatoms. The summed E-state index contributed by atoms with van der Waals surface area (Å²) in [5, 5.41) is 0. The average molecular weight is 294 g/mol. The van der Waals surface area contributed by atoms with Crippen LogP contribution in [0.15, 0.2) is 0 Å². The van der Waals surface area contributed by atoms with Gasteiger partial charge < -0.3 is 4.90 Å². The number of ketones is 1. The number of hydrogen-bond acceptors (Lipinski definition) is 3. The van der Waals surface area contributed by atoms with E-state index in [0.717, 1.165) is 50.7 Å². The summed E-state index contributed by atoms with van der Waals surface area (Å²) >= 11 is 0. The first-order valence-electron chi connectivity index (χ1n) is 8.96. The molecule has 0 N–H and O–H groups in total. The molecule has 0 amide bonds. The van der Waals surface area contributed by atoms with Crippen LogP contribution in [0.1, 0.15) is 52.9 Å². The Morgan fingerprint density at radius 2 is 2.05 bits per heavy atom. The number of carbonyl (C=O) groups excluding carboxylic acids is 1. The minimum Gasteiger partial charge on any atom is -0.304 e. The molecule has 1 aliphatic heterocycles. The Labute approximate surface area is 131 Å². The number of nitrogens with zero attached hydrogens (tertiary/aromatic N) is 2. The third kappa shape index (κ3) is 4.53. The number of carbonyl (C=O) groups is 1. The van der Waals surface area contributed by atoms with Gasteiger partial charge in [-0.1, -0.05) is 20.8 Å². The van der Waals surface area contributed by atoms with Crippen molar-refractivity contribution in [3.05, 3.63) is 0 Å².